The number of benzene rings is 1. The largest absolute Gasteiger partial charge is 0.412 e. The van der Waals surface area contributed by atoms with Crippen LogP contribution in [0.1, 0.15) is 23.5 Å². The van der Waals surface area contributed by atoms with Crippen molar-refractivity contribution in [2.75, 3.05) is 13.7 Å². The highest BCUT2D eigenvalue weighted by Crippen LogP contribution is 2.35. The normalized spacial score (nSPS) is 22.9. The van der Waals surface area contributed by atoms with Gasteiger partial charge in [0.2, 0.25) is 0 Å². The number of hydrogen-bond donors (Lipinski definition) is 1. The quantitative estimate of drug-likeness (QED) is 0.651. The number of hydrogen-bond acceptors (Lipinski definition) is 5. The first-order chi connectivity index (χ1) is 9.08. The van der Waals surface area contributed by atoms with Gasteiger partial charge in [-0.15, -0.1) is 0 Å². The van der Waals surface area contributed by atoms with Crippen LogP contribution in [0.5, 0.6) is 5.75 Å². The van der Waals surface area contributed by atoms with E-state index in [-0.39, 0.29) is 23.9 Å². The molecule has 1 aromatic carbocycles. The molecule has 0 aromatic heterocycles. The Balaban J connectivity index is 2.31. The van der Waals surface area contributed by atoms with Crippen molar-refractivity contribution in [1.29, 1.82) is 0 Å². The molecule has 5 heteroatoms. The molecule has 19 heavy (non-hydrogen) atoms. The lowest BCUT2D eigenvalue weighted by Gasteiger charge is -2.13. The lowest BCUT2D eigenvalue weighted by molar-refractivity contribution is -0.125. The van der Waals surface area contributed by atoms with Crippen LogP contribution in [0.25, 0.3) is 0 Å². The summed E-state index contributed by atoms with van der Waals surface area (Å²) in [6.07, 6.45) is 0.256. The minimum Gasteiger partial charge on any atom is -0.412 e. The minimum absolute atomic E-state index is 0.0448. The van der Waals surface area contributed by atoms with Crippen LogP contribution < -0.4 is 10.7 Å². The standard InChI is InChI=1S/C14H17NO4/c1-8-5-10(19-15)3-4-11(8)13-12(16)6-9(7-18-2)14(13)17/h3-5,9,13H,6-7,15H2,1-2H3. The molecule has 0 amide bonds. The van der Waals surface area contributed by atoms with Crippen LogP contribution in [0.15, 0.2) is 18.2 Å². The zero-order valence-electron chi connectivity index (χ0n) is 11.0. The summed E-state index contributed by atoms with van der Waals surface area (Å²) in [6.45, 7) is 2.13. The van der Waals surface area contributed by atoms with Gasteiger partial charge in [0.25, 0.3) is 0 Å². The van der Waals surface area contributed by atoms with E-state index in [1.54, 1.807) is 18.2 Å². The van der Waals surface area contributed by atoms with Crippen molar-refractivity contribution in [3.63, 3.8) is 0 Å². The second-order valence-corrected chi connectivity index (χ2v) is 4.79. The summed E-state index contributed by atoms with van der Waals surface area (Å²) >= 11 is 0. The van der Waals surface area contributed by atoms with Crippen LogP contribution in [0.4, 0.5) is 0 Å². The Morgan fingerprint density at radius 3 is 2.68 bits per heavy atom. The van der Waals surface area contributed by atoms with Crippen LogP contribution in [0.2, 0.25) is 0 Å². The summed E-state index contributed by atoms with van der Waals surface area (Å²) in [6, 6.07) is 5.11. The van der Waals surface area contributed by atoms with Gasteiger partial charge in [0.15, 0.2) is 5.78 Å². The van der Waals surface area contributed by atoms with Crippen molar-refractivity contribution in [3.8, 4) is 5.75 Å². The summed E-state index contributed by atoms with van der Waals surface area (Å²) in [4.78, 5) is 28.9. The van der Waals surface area contributed by atoms with Crippen molar-refractivity contribution in [2.24, 2.45) is 11.8 Å². The maximum atomic E-state index is 12.3. The van der Waals surface area contributed by atoms with Gasteiger partial charge in [0.1, 0.15) is 17.5 Å². The molecule has 0 aliphatic heterocycles. The van der Waals surface area contributed by atoms with Crippen LogP contribution in [-0.2, 0) is 14.3 Å². The summed E-state index contributed by atoms with van der Waals surface area (Å²) in [5.74, 6) is 4.49. The molecule has 5 nitrogen and oxygen atoms in total. The first-order valence-corrected chi connectivity index (χ1v) is 6.11. The molecular weight excluding hydrogens is 246 g/mol. The lowest BCUT2D eigenvalue weighted by Crippen LogP contribution is -2.19. The third kappa shape index (κ3) is 2.52. The Morgan fingerprint density at radius 1 is 1.37 bits per heavy atom. The number of Topliss-reactive ketones (excluding diaryl/α,β-unsaturated/α-hetero) is 2. The van der Waals surface area contributed by atoms with Crippen LogP contribution in [0.3, 0.4) is 0 Å². The Labute approximate surface area is 111 Å². The highest BCUT2D eigenvalue weighted by molar-refractivity contribution is 6.14. The Morgan fingerprint density at radius 2 is 2.11 bits per heavy atom. The van der Waals surface area contributed by atoms with E-state index in [9.17, 15) is 9.59 Å². The third-order valence-electron chi connectivity index (χ3n) is 3.51. The monoisotopic (exact) mass is 263 g/mol. The molecular formula is C14H17NO4. The molecule has 1 aromatic rings. The fraction of sp³-hybridized carbons (Fsp3) is 0.429. The van der Waals surface area contributed by atoms with Gasteiger partial charge in [-0.2, -0.15) is 5.90 Å². The van der Waals surface area contributed by atoms with Crippen molar-refractivity contribution in [1.82, 2.24) is 0 Å². The number of carbonyl (C=O) groups is 2. The molecule has 1 fully saturated rings. The molecule has 0 bridgehead atoms. The molecule has 102 valence electrons. The molecule has 2 N–H and O–H groups in total. The Hall–Kier alpha value is -1.72. The third-order valence-corrected chi connectivity index (χ3v) is 3.51. The van der Waals surface area contributed by atoms with E-state index >= 15 is 0 Å². The van der Waals surface area contributed by atoms with E-state index in [4.69, 9.17) is 10.6 Å². The van der Waals surface area contributed by atoms with Gasteiger partial charge < -0.3 is 9.57 Å². The summed E-state index contributed by atoms with van der Waals surface area (Å²) in [5.41, 5.74) is 1.56. The Bertz CT molecular complexity index is 512. The maximum absolute atomic E-state index is 12.3. The molecule has 0 saturated heterocycles. The Kier molecular flexibility index (Phi) is 3.97. The summed E-state index contributed by atoms with van der Waals surface area (Å²) in [7, 11) is 1.53. The number of nitrogens with two attached hydrogens (primary N) is 1. The molecule has 2 rings (SSSR count). The average Bonchev–Trinajstić information content (AvgIpc) is 2.66. The molecule has 1 aliphatic carbocycles. The van der Waals surface area contributed by atoms with Gasteiger partial charge in [-0.05, 0) is 30.2 Å². The van der Waals surface area contributed by atoms with E-state index < -0.39 is 5.92 Å². The maximum Gasteiger partial charge on any atom is 0.153 e. The smallest absolute Gasteiger partial charge is 0.153 e. The number of rotatable bonds is 4. The first kappa shape index (κ1) is 13.7. The van der Waals surface area contributed by atoms with Crippen LogP contribution in [-0.4, -0.2) is 25.3 Å². The molecule has 0 radical (unpaired) electrons. The minimum atomic E-state index is -0.674. The second-order valence-electron chi connectivity index (χ2n) is 4.79. The predicted octanol–water partition coefficient (Wildman–Crippen LogP) is 1.14. The van der Waals surface area contributed by atoms with Crippen molar-refractivity contribution >= 4 is 11.6 Å². The molecule has 2 atom stereocenters. The topological polar surface area (TPSA) is 78.6 Å². The fourth-order valence-corrected chi connectivity index (χ4v) is 2.57. The van der Waals surface area contributed by atoms with Gasteiger partial charge in [-0.25, -0.2) is 0 Å². The molecule has 0 spiro atoms. The van der Waals surface area contributed by atoms with E-state index in [1.165, 1.54) is 7.11 Å². The first-order valence-electron chi connectivity index (χ1n) is 6.11. The number of ketones is 2. The van der Waals surface area contributed by atoms with Crippen molar-refractivity contribution in [2.45, 2.75) is 19.3 Å². The van der Waals surface area contributed by atoms with E-state index in [2.05, 4.69) is 4.84 Å². The average molecular weight is 263 g/mol. The number of methoxy groups -OCH3 is 1. The highest BCUT2D eigenvalue weighted by Gasteiger charge is 2.42. The second kappa shape index (κ2) is 5.50. The van der Waals surface area contributed by atoms with Gasteiger partial charge >= 0.3 is 0 Å². The SMILES string of the molecule is COCC1CC(=O)C(c2ccc(ON)cc2C)C1=O. The fourth-order valence-electron chi connectivity index (χ4n) is 2.57. The number of aryl methyl sites for hydroxylation is 1. The highest BCUT2D eigenvalue weighted by atomic mass is 16.6. The van der Waals surface area contributed by atoms with Crippen molar-refractivity contribution < 1.29 is 19.2 Å². The van der Waals surface area contributed by atoms with Crippen molar-refractivity contribution in [3.05, 3.63) is 29.3 Å². The van der Waals surface area contributed by atoms with Gasteiger partial charge in [-0.3, -0.25) is 9.59 Å². The van der Waals surface area contributed by atoms with Crippen LogP contribution >= 0.6 is 0 Å². The zero-order valence-corrected chi connectivity index (χ0v) is 11.0. The molecule has 1 saturated carbocycles. The predicted molar refractivity (Wildman–Crippen MR) is 68.7 cm³/mol. The summed E-state index contributed by atoms with van der Waals surface area (Å²) in [5, 5.41) is 0. The zero-order chi connectivity index (χ0) is 14.0. The molecule has 2 unspecified atom stereocenters. The van der Waals surface area contributed by atoms with Gasteiger partial charge in [-0.1, -0.05) is 6.07 Å². The summed E-state index contributed by atoms with van der Waals surface area (Å²) < 4.78 is 4.99. The number of carbonyl (C=O) groups excluding carboxylic acids is 2. The number of ether oxygens (including phenoxy) is 1. The van der Waals surface area contributed by atoms with E-state index in [0.717, 1.165) is 11.1 Å². The van der Waals surface area contributed by atoms with Crippen LogP contribution in [0, 0.1) is 12.8 Å². The van der Waals surface area contributed by atoms with E-state index in [1.807, 2.05) is 6.92 Å². The van der Waals surface area contributed by atoms with Gasteiger partial charge in [0.05, 0.1) is 6.61 Å². The molecule has 1 aliphatic rings. The van der Waals surface area contributed by atoms with E-state index in [0.29, 0.717) is 12.4 Å². The molecule has 0 heterocycles. The van der Waals surface area contributed by atoms with Gasteiger partial charge in [0, 0.05) is 19.4 Å². The lowest BCUT2D eigenvalue weighted by atomic mass is 9.91.